The third-order valence-corrected chi connectivity index (χ3v) is 2.58. The summed E-state index contributed by atoms with van der Waals surface area (Å²) in [6, 6.07) is 6.43. The van der Waals surface area contributed by atoms with Crippen molar-refractivity contribution >= 4 is 5.91 Å². The molecule has 0 bridgehead atoms. The molecule has 0 aromatic heterocycles. The molecule has 1 aromatic carbocycles. The monoisotopic (exact) mass is 234 g/mol. The van der Waals surface area contributed by atoms with Crippen LogP contribution in [0, 0.1) is 24.1 Å². The summed E-state index contributed by atoms with van der Waals surface area (Å²) >= 11 is 0. The van der Waals surface area contributed by atoms with Gasteiger partial charge in [-0.15, -0.1) is 0 Å². The van der Waals surface area contributed by atoms with Crippen molar-refractivity contribution in [1.82, 2.24) is 4.90 Å². The lowest BCUT2D eigenvalue weighted by Crippen LogP contribution is -2.31. The molecule has 0 unspecified atom stereocenters. The highest BCUT2D eigenvalue weighted by molar-refractivity contribution is 5.94. The smallest absolute Gasteiger partial charge is 0.253 e. The van der Waals surface area contributed by atoms with E-state index in [1.807, 2.05) is 13.0 Å². The van der Waals surface area contributed by atoms with Crippen LogP contribution < -0.4 is 0 Å². The lowest BCUT2D eigenvalue weighted by atomic mass is 10.1. The molecule has 0 saturated carbocycles. The van der Waals surface area contributed by atoms with Crippen molar-refractivity contribution in [2.24, 2.45) is 0 Å². The van der Waals surface area contributed by atoms with Crippen molar-refractivity contribution < 1.29 is 9.18 Å². The van der Waals surface area contributed by atoms with Gasteiger partial charge in [0.1, 0.15) is 5.82 Å². The van der Waals surface area contributed by atoms with Gasteiger partial charge in [-0.1, -0.05) is 6.07 Å². The lowest BCUT2D eigenvalue weighted by Gasteiger charge is -2.19. The van der Waals surface area contributed by atoms with E-state index >= 15 is 0 Å². The molecule has 0 radical (unpaired) electrons. The fourth-order valence-electron chi connectivity index (χ4n) is 1.50. The predicted molar refractivity (Wildman–Crippen MR) is 62.9 cm³/mol. The number of aryl methyl sites for hydroxylation is 1. The van der Waals surface area contributed by atoms with Crippen molar-refractivity contribution in [2.75, 3.05) is 13.1 Å². The molecule has 0 N–H and O–H groups in total. The fourth-order valence-corrected chi connectivity index (χ4v) is 1.50. The Morgan fingerprint density at radius 3 is 2.76 bits per heavy atom. The maximum Gasteiger partial charge on any atom is 0.253 e. The third kappa shape index (κ3) is 3.28. The standard InChI is InChI=1S/C13H15FN2O/c1-3-16(8-4-7-15)13(17)11-6-5-10(2)12(14)9-11/h5-6,9H,3-4,8H2,1-2H3. The Balaban J connectivity index is 2.86. The Morgan fingerprint density at radius 1 is 1.53 bits per heavy atom. The van der Waals surface area contributed by atoms with Crippen molar-refractivity contribution in [1.29, 1.82) is 5.26 Å². The minimum atomic E-state index is -0.382. The number of carbonyl (C=O) groups is 1. The van der Waals surface area contributed by atoms with Gasteiger partial charge in [-0.25, -0.2) is 4.39 Å². The first-order valence-electron chi connectivity index (χ1n) is 5.52. The minimum Gasteiger partial charge on any atom is -0.338 e. The molecule has 1 rings (SSSR count). The van der Waals surface area contributed by atoms with Crippen LogP contribution in [0.4, 0.5) is 4.39 Å². The Hall–Kier alpha value is -1.89. The van der Waals surface area contributed by atoms with Crippen LogP contribution in [-0.4, -0.2) is 23.9 Å². The average molecular weight is 234 g/mol. The topological polar surface area (TPSA) is 44.1 Å². The van der Waals surface area contributed by atoms with Gasteiger partial charge in [0.2, 0.25) is 0 Å². The predicted octanol–water partition coefficient (Wildman–Crippen LogP) is 2.51. The van der Waals surface area contributed by atoms with E-state index in [0.717, 1.165) is 0 Å². The molecule has 0 aliphatic heterocycles. The van der Waals surface area contributed by atoms with Crippen LogP contribution in [0.1, 0.15) is 29.3 Å². The van der Waals surface area contributed by atoms with Gasteiger partial charge in [-0.3, -0.25) is 4.79 Å². The van der Waals surface area contributed by atoms with E-state index in [4.69, 9.17) is 5.26 Å². The maximum absolute atomic E-state index is 13.3. The van der Waals surface area contributed by atoms with Crippen LogP contribution in [-0.2, 0) is 0 Å². The van der Waals surface area contributed by atoms with Crippen molar-refractivity contribution in [2.45, 2.75) is 20.3 Å². The van der Waals surface area contributed by atoms with Gasteiger partial charge in [-0.05, 0) is 31.5 Å². The summed E-state index contributed by atoms with van der Waals surface area (Å²) < 4.78 is 13.3. The van der Waals surface area contributed by atoms with E-state index in [1.165, 1.54) is 11.0 Å². The molecule has 0 spiro atoms. The number of carbonyl (C=O) groups excluding carboxylic acids is 1. The molecule has 90 valence electrons. The molecule has 0 aliphatic rings. The Bertz CT molecular complexity index is 451. The normalized spacial score (nSPS) is 9.76. The number of hydrogen-bond acceptors (Lipinski definition) is 2. The highest BCUT2D eigenvalue weighted by atomic mass is 19.1. The van der Waals surface area contributed by atoms with Crippen LogP contribution in [0.5, 0.6) is 0 Å². The molecule has 0 fully saturated rings. The number of halogens is 1. The third-order valence-electron chi connectivity index (χ3n) is 2.58. The number of rotatable bonds is 4. The highest BCUT2D eigenvalue weighted by Gasteiger charge is 2.14. The molecule has 0 aliphatic carbocycles. The first-order chi connectivity index (χ1) is 8.10. The quantitative estimate of drug-likeness (QED) is 0.803. The van der Waals surface area contributed by atoms with Gasteiger partial charge < -0.3 is 4.90 Å². The molecule has 3 nitrogen and oxygen atoms in total. The average Bonchev–Trinajstić information content (AvgIpc) is 2.33. The summed E-state index contributed by atoms with van der Waals surface area (Å²) in [6.45, 7) is 4.37. The molecule has 0 atom stereocenters. The number of benzene rings is 1. The SMILES string of the molecule is CCN(CCC#N)C(=O)c1ccc(C)c(F)c1. The van der Waals surface area contributed by atoms with Crippen molar-refractivity contribution in [3.8, 4) is 6.07 Å². The molecule has 1 aromatic rings. The molecule has 17 heavy (non-hydrogen) atoms. The highest BCUT2D eigenvalue weighted by Crippen LogP contribution is 2.11. The number of hydrogen-bond donors (Lipinski definition) is 0. The maximum atomic E-state index is 13.3. The largest absolute Gasteiger partial charge is 0.338 e. The Morgan fingerprint density at radius 2 is 2.24 bits per heavy atom. The van der Waals surface area contributed by atoms with E-state index in [9.17, 15) is 9.18 Å². The number of nitrogens with zero attached hydrogens (tertiary/aromatic N) is 2. The fraction of sp³-hybridized carbons (Fsp3) is 0.385. The van der Waals surface area contributed by atoms with Gasteiger partial charge in [-0.2, -0.15) is 5.26 Å². The molecule has 0 heterocycles. The van der Waals surface area contributed by atoms with E-state index in [2.05, 4.69) is 0 Å². The first kappa shape index (κ1) is 13.2. The van der Waals surface area contributed by atoms with Crippen LogP contribution in [0.15, 0.2) is 18.2 Å². The Labute approximate surface area is 100 Å². The van der Waals surface area contributed by atoms with Gasteiger partial charge in [0, 0.05) is 18.7 Å². The summed E-state index contributed by atoms with van der Waals surface area (Å²) in [5, 5.41) is 8.50. The second-order valence-electron chi connectivity index (χ2n) is 3.76. The van der Waals surface area contributed by atoms with Crippen LogP contribution >= 0.6 is 0 Å². The lowest BCUT2D eigenvalue weighted by molar-refractivity contribution is 0.0767. The number of nitriles is 1. The van der Waals surface area contributed by atoms with Gasteiger partial charge in [0.05, 0.1) is 12.5 Å². The van der Waals surface area contributed by atoms with E-state index in [1.54, 1.807) is 19.1 Å². The van der Waals surface area contributed by atoms with Gasteiger partial charge in [0.25, 0.3) is 5.91 Å². The molecular formula is C13H15FN2O. The summed E-state index contributed by atoms with van der Waals surface area (Å²) in [5.74, 6) is -0.617. The first-order valence-corrected chi connectivity index (χ1v) is 5.52. The second-order valence-corrected chi connectivity index (χ2v) is 3.76. The Kier molecular flexibility index (Phi) is 4.65. The van der Waals surface area contributed by atoms with Gasteiger partial charge >= 0.3 is 0 Å². The van der Waals surface area contributed by atoms with Crippen LogP contribution in [0.3, 0.4) is 0 Å². The minimum absolute atomic E-state index is 0.235. The second kappa shape index (κ2) is 6.00. The van der Waals surface area contributed by atoms with Crippen LogP contribution in [0.25, 0.3) is 0 Å². The summed E-state index contributed by atoms with van der Waals surface area (Å²) in [6.07, 6.45) is 0.286. The summed E-state index contributed by atoms with van der Waals surface area (Å²) in [5.41, 5.74) is 0.842. The molecule has 4 heteroatoms. The zero-order valence-electron chi connectivity index (χ0n) is 10.0. The molecular weight excluding hydrogens is 219 g/mol. The number of amides is 1. The van der Waals surface area contributed by atoms with Crippen LogP contribution in [0.2, 0.25) is 0 Å². The zero-order chi connectivity index (χ0) is 12.8. The zero-order valence-corrected chi connectivity index (χ0v) is 10.0. The van der Waals surface area contributed by atoms with E-state index in [-0.39, 0.29) is 18.1 Å². The van der Waals surface area contributed by atoms with Crippen molar-refractivity contribution in [3.05, 3.63) is 35.1 Å². The van der Waals surface area contributed by atoms with E-state index in [0.29, 0.717) is 24.2 Å². The summed E-state index contributed by atoms with van der Waals surface area (Å²) in [7, 11) is 0. The van der Waals surface area contributed by atoms with Gasteiger partial charge in [0.15, 0.2) is 0 Å². The molecule has 0 saturated heterocycles. The van der Waals surface area contributed by atoms with Crippen molar-refractivity contribution in [3.63, 3.8) is 0 Å². The molecule has 1 amide bonds. The summed E-state index contributed by atoms with van der Waals surface area (Å²) in [4.78, 5) is 13.5. The van der Waals surface area contributed by atoms with E-state index < -0.39 is 0 Å².